The zero-order valence-corrected chi connectivity index (χ0v) is 14.5. The first kappa shape index (κ1) is 17.1. The molecule has 0 spiro atoms. The number of benzene rings is 1. The third-order valence-electron chi connectivity index (χ3n) is 4.48. The van der Waals surface area contributed by atoms with Crippen LogP contribution in [0.5, 0.6) is 0 Å². The van der Waals surface area contributed by atoms with Crippen LogP contribution in [0.3, 0.4) is 0 Å². The van der Waals surface area contributed by atoms with E-state index in [0.29, 0.717) is 17.1 Å². The van der Waals surface area contributed by atoms with Gasteiger partial charge in [0.25, 0.3) is 5.56 Å². The molecular formula is C18H21ClFN3O. The molecule has 1 aromatic heterocycles. The second kappa shape index (κ2) is 7.47. The lowest BCUT2D eigenvalue weighted by Crippen LogP contribution is -2.45. The van der Waals surface area contributed by atoms with Gasteiger partial charge in [-0.3, -0.25) is 14.6 Å². The molecule has 6 heteroatoms. The Kier molecular flexibility index (Phi) is 5.33. The largest absolute Gasteiger partial charge is 0.319 e. The van der Waals surface area contributed by atoms with Crippen molar-refractivity contribution in [3.05, 3.63) is 68.8 Å². The first-order chi connectivity index (χ1) is 11.5. The van der Waals surface area contributed by atoms with E-state index >= 15 is 0 Å². The molecule has 2 aromatic rings. The van der Waals surface area contributed by atoms with Crippen molar-refractivity contribution in [1.82, 2.24) is 14.4 Å². The van der Waals surface area contributed by atoms with Crippen LogP contribution >= 0.6 is 11.6 Å². The first-order valence-electron chi connectivity index (χ1n) is 8.06. The Balaban J connectivity index is 1.56. The monoisotopic (exact) mass is 349 g/mol. The fourth-order valence-electron chi connectivity index (χ4n) is 2.96. The van der Waals surface area contributed by atoms with E-state index < -0.39 is 0 Å². The summed E-state index contributed by atoms with van der Waals surface area (Å²) in [5, 5.41) is 0.484. The predicted octanol–water partition coefficient (Wildman–Crippen LogP) is 2.50. The summed E-state index contributed by atoms with van der Waals surface area (Å²) in [5.74, 6) is -0.245. The van der Waals surface area contributed by atoms with Crippen molar-refractivity contribution in [2.75, 3.05) is 26.2 Å². The molecule has 2 heterocycles. The standard InChI is InChI=1S/C18H21ClFN3O/c1-21-6-5-14(11-18(21)24)12-22-7-9-23(10-8-22)13-15-16(19)3-2-4-17(15)20/h2-6,11H,7-10,12-13H2,1H3. The topological polar surface area (TPSA) is 28.5 Å². The van der Waals surface area contributed by atoms with Crippen molar-refractivity contribution in [2.45, 2.75) is 13.1 Å². The molecule has 3 rings (SSSR count). The van der Waals surface area contributed by atoms with Gasteiger partial charge in [0.15, 0.2) is 0 Å². The third-order valence-corrected chi connectivity index (χ3v) is 4.84. The van der Waals surface area contributed by atoms with Crippen LogP contribution in [0.1, 0.15) is 11.1 Å². The van der Waals surface area contributed by atoms with Crippen molar-refractivity contribution < 1.29 is 4.39 Å². The number of rotatable bonds is 4. The van der Waals surface area contributed by atoms with Gasteiger partial charge < -0.3 is 4.57 Å². The van der Waals surface area contributed by atoms with Crippen LogP contribution < -0.4 is 5.56 Å². The van der Waals surface area contributed by atoms with Crippen molar-refractivity contribution in [3.8, 4) is 0 Å². The molecule has 128 valence electrons. The molecule has 0 radical (unpaired) electrons. The van der Waals surface area contributed by atoms with Crippen LogP contribution in [0, 0.1) is 5.82 Å². The maximum absolute atomic E-state index is 13.9. The lowest BCUT2D eigenvalue weighted by molar-refractivity contribution is 0.121. The minimum Gasteiger partial charge on any atom is -0.319 e. The number of piperazine rings is 1. The SMILES string of the molecule is Cn1ccc(CN2CCN(Cc3c(F)cccc3Cl)CC2)cc1=O. The number of hydrogen-bond acceptors (Lipinski definition) is 3. The Bertz CT molecular complexity index is 749. The number of aryl methyl sites for hydroxylation is 1. The van der Waals surface area contributed by atoms with Gasteiger partial charge in [0.2, 0.25) is 0 Å². The molecule has 0 N–H and O–H groups in total. The highest BCUT2D eigenvalue weighted by Gasteiger charge is 2.19. The highest BCUT2D eigenvalue weighted by atomic mass is 35.5. The predicted molar refractivity (Wildman–Crippen MR) is 93.6 cm³/mol. The zero-order valence-electron chi connectivity index (χ0n) is 13.7. The smallest absolute Gasteiger partial charge is 0.250 e. The van der Waals surface area contributed by atoms with Gasteiger partial charge in [-0.2, -0.15) is 0 Å². The summed E-state index contributed by atoms with van der Waals surface area (Å²) in [6.45, 7) is 4.79. The third kappa shape index (κ3) is 4.04. The normalized spacial score (nSPS) is 16.5. The Hall–Kier alpha value is -1.69. The Morgan fingerprint density at radius 1 is 1.08 bits per heavy atom. The fraction of sp³-hybridized carbons (Fsp3) is 0.389. The Morgan fingerprint density at radius 3 is 2.38 bits per heavy atom. The Morgan fingerprint density at radius 2 is 1.75 bits per heavy atom. The second-order valence-electron chi connectivity index (χ2n) is 6.24. The summed E-state index contributed by atoms with van der Waals surface area (Å²) in [6, 6.07) is 8.47. The van der Waals surface area contributed by atoms with Gasteiger partial charge >= 0.3 is 0 Å². The molecule has 4 nitrogen and oxygen atoms in total. The highest BCUT2D eigenvalue weighted by molar-refractivity contribution is 6.31. The first-order valence-corrected chi connectivity index (χ1v) is 8.44. The van der Waals surface area contributed by atoms with Gasteiger partial charge in [0.1, 0.15) is 5.82 Å². The molecular weight excluding hydrogens is 329 g/mol. The van der Waals surface area contributed by atoms with Gasteiger partial charge in [-0.05, 0) is 23.8 Å². The van der Waals surface area contributed by atoms with E-state index in [1.165, 1.54) is 6.07 Å². The van der Waals surface area contributed by atoms with Gasteiger partial charge in [-0.25, -0.2) is 4.39 Å². The summed E-state index contributed by atoms with van der Waals surface area (Å²) < 4.78 is 15.5. The molecule has 0 saturated carbocycles. The number of hydrogen-bond donors (Lipinski definition) is 0. The fourth-order valence-corrected chi connectivity index (χ4v) is 3.18. The van der Waals surface area contributed by atoms with E-state index in [9.17, 15) is 9.18 Å². The van der Waals surface area contributed by atoms with E-state index in [1.54, 1.807) is 36.0 Å². The van der Waals surface area contributed by atoms with Gasteiger partial charge in [-0.15, -0.1) is 0 Å². The van der Waals surface area contributed by atoms with Crippen molar-refractivity contribution >= 4 is 11.6 Å². The molecule has 0 aliphatic carbocycles. The maximum Gasteiger partial charge on any atom is 0.250 e. The van der Waals surface area contributed by atoms with Crippen molar-refractivity contribution in [1.29, 1.82) is 0 Å². The molecule has 0 unspecified atom stereocenters. The summed E-state index contributed by atoms with van der Waals surface area (Å²) in [5.41, 5.74) is 1.61. The van der Waals surface area contributed by atoms with E-state index in [4.69, 9.17) is 11.6 Å². The van der Waals surface area contributed by atoms with Gasteiger partial charge in [0, 0.05) is 69.2 Å². The number of aromatic nitrogens is 1. The summed E-state index contributed by atoms with van der Waals surface area (Å²) in [7, 11) is 1.75. The zero-order chi connectivity index (χ0) is 17.1. The lowest BCUT2D eigenvalue weighted by atomic mass is 10.1. The molecule has 1 fully saturated rings. The van der Waals surface area contributed by atoms with Crippen molar-refractivity contribution in [3.63, 3.8) is 0 Å². The molecule has 1 aliphatic heterocycles. The lowest BCUT2D eigenvalue weighted by Gasteiger charge is -2.34. The van der Waals surface area contributed by atoms with E-state index in [-0.39, 0.29) is 11.4 Å². The van der Waals surface area contributed by atoms with Crippen LogP contribution in [0.25, 0.3) is 0 Å². The molecule has 0 bridgehead atoms. The van der Waals surface area contributed by atoms with Crippen LogP contribution in [-0.2, 0) is 20.1 Å². The van der Waals surface area contributed by atoms with Crippen LogP contribution in [0.15, 0.2) is 41.3 Å². The molecule has 0 amide bonds. The highest BCUT2D eigenvalue weighted by Crippen LogP contribution is 2.21. The minimum absolute atomic E-state index is 0.0142. The molecule has 1 saturated heterocycles. The van der Waals surface area contributed by atoms with E-state index in [1.807, 2.05) is 6.07 Å². The molecule has 1 aromatic carbocycles. The van der Waals surface area contributed by atoms with E-state index in [0.717, 1.165) is 38.3 Å². The van der Waals surface area contributed by atoms with E-state index in [2.05, 4.69) is 9.80 Å². The summed E-state index contributed by atoms with van der Waals surface area (Å²) in [4.78, 5) is 16.2. The second-order valence-corrected chi connectivity index (χ2v) is 6.64. The molecule has 24 heavy (non-hydrogen) atoms. The molecule has 0 atom stereocenters. The molecule has 1 aliphatic rings. The average molecular weight is 350 g/mol. The van der Waals surface area contributed by atoms with Crippen molar-refractivity contribution in [2.24, 2.45) is 7.05 Å². The van der Waals surface area contributed by atoms with Gasteiger partial charge in [0.05, 0.1) is 0 Å². The Labute approximate surface area is 146 Å². The van der Waals surface area contributed by atoms with Crippen LogP contribution in [-0.4, -0.2) is 40.5 Å². The van der Waals surface area contributed by atoms with Gasteiger partial charge in [-0.1, -0.05) is 17.7 Å². The number of halogens is 2. The van der Waals surface area contributed by atoms with Crippen LogP contribution in [0.4, 0.5) is 4.39 Å². The maximum atomic E-state index is 13.9. The summed E-state index contributed by atoms with van der Waals surface area (Å²) >= 11 is 6.10. The number of pyridine rings is 1. The average Bonchev–Trinajstić information content (AvgIpc) is 2.56. The minimum atomic E-state index is -0.245. The number of nitrogens with zero attached hydrogens (tertiary/aromatic N) is 3. The summed E-state index contributed by atoms with van der Waals surface area (Å²) in [6.07, 6.45) is 1.80. The quantitative estimate of drug-likeness (QED) is 0.849. The van der Waals surface area contributed by atoms with Crippen LogP contribution in [0.2, 0.25) is 5.02 Å².